The zero-order valence-corrected chi connectivity index (χ0v) is 10.6. The maximum atomic E-state index is 5.30. The highest BCUT2D eigenvalue weighted by Gasteiger charge is 2.05. The summed E-state index contributed by atoms with van der Waals surface area (Å²) in [4.78, 5) is 4.21. The smallest absolute Gasteiger partial charge is 0.145 e. The third kappa shape index (κ3) is 2.88. The van der Waals surface area contributed by atoms with Crippen LogP contribution in [-0.4, -0.2) is 19.2 Å². The molecule has 5 heteroatoms. The minimum atomic E-state index is 0.695. The Morgan fingerprint density at radius 3 is 2.82 bits per heavy atom. The predicted octanol–water partition coefficient (Wildman–Crippen LogP) is 2.77. The van der Waals surface area contributed by atoms with Crippen molar-refractivity contribution in [2.45, 2.75) is 6.54 Å². The van der Waals surface area contributed by atoms with Gasteiger partial charge in [0.05, 0.1) is 26.5 Å². The van der Waals surface area contributed by atoms with E-state index in [1.807, 2.05) is 23.6 Å². The first-order valence-corrected chi connectivity index (χ1v) is 6.05. The Kier molecular flexibility index (Phi) is 3.82. The van der Waals surface area contributed by atoms with Gasteiger partial charge in [-0.3, -0.25) is 0 Å². The summed E-state index contributed by atoms with van der Waals surface area (Å²) in [7, 11) is 3.28. The molecule has 1 N–H and O–H groups in total. The van der Waals surface area contributed by atoms with Gasteiger partial charge in [-0.25, -0.2) is 4.98 Å². The molecule has 2 rings (SSSR count). The monoisotopic (exact) mass is 250 g/mol. The van der Waals surface area contributed by atoms with Gasteiger partial charge in [0, 0.05) is 17.6 Å². The number of aromatic nitrogens is 1. The van der Waals surface area contributed by atoms with Crippen molar-refractivity contribution in [1.29, 1.82) is 0 Å². The van der Waals surface area contributed by atoms with Gasteiger partial charge in [-0.15, -0.1) is 11.3 Å². The van der Waals surface area contributed by atoms with Gasteiger partial charge in [0.1, 0.15) is 16.5 Å². The second kappa shape index (κ2) is 5.54. The standard InChI is InChI=1S/C12H14N2O2S/c1-15-9-3-4-10(11(7-9)16-2)14-8-12-13-5-6-17-12/h3-7,14H,8H2,1-2H3. The van der Waals surface area contributed by atoms with Gasteiger partial charge in [-0.05, 0) is 12.1 Å². The highest BCUT2D eigenvalue weighted by atomic mass is 32.1. The van der Waals surface area contributed by atoms with Crippen LogP contribution in [0.3, 0.4) is 0 Å². The molecule has 4 nitrogen and oxygen atoms in total. The van der Waals surface area contributed by atoms with Crippen molar-refractivity contribution in [3.63, 3.8) is 0 Å². The first-order valence-electron chi connectivity index (χ1n) is 5.17. The summed E-state index contributed by atoms with van der Waals surface area (Å²) < 4.78 is 10.4. The predicted molar refractivity (Wildman–Crippen MR) is 69.0 cm³/mol. The van der Waals surface area contributed by atoms with E-state index in [-0.39, 0.29) is 0 Å². The fourth-order valence-corrected chi connectivity index (χ4v) is 2.01. The van der Waals surface area contributed by atoms with Crippen molar-refractivity contribution in [1.82, 2.24) is 4.98 Å². The van der Waals surface area contributed by atoms with Crippen LogP contribution < -0.4 is 14.8 Å². The second-order valence-electron chi connectivity index (χ2n) is 3.35. The zero-order chi connectivity index (χ0) is 12.1. The first kappa shape index (κ1) is 11.7. The van der Waals surface area contributed by atoms with Gasteiger partial charge in [0.15, 0.2) is 0 Å². The van der Waals surface area contributed by atoms with Crippen molar-refractivity contribution in [3.05, 3.63) is 34.8 Å². The van der Waals surface area contributed by atoms with Crippen LogP contribution in [0.15, 0.2) is 29.8 Å². The third-order valence-electron chi connectivity index (χ3n) is 2.32. The van der Waals surface area contributed by atoms with Crippen LogP contribution in [0.2, 0.25) is 0 Å². The molecule has 0 unspecified atom stereocenters. The van der Waals surface area contributed by atoms with E-state index in [4.69, 9.17) is 9.47 Å². The molecule has 0 spiro atoms. The third-order valence-corrected chi connectivity index (χ3v) is 3.10. The minimum absolute atomic E-state index is 0.695. The molecule has 1 heterocycles. The summed E-state index contributed by atoms with van der Waals surface area (Å²) in [6.07, 6.45) is 1.80. The van der Waals surface area contributed by atoms with Crippen molar-refractivity contribution in [2.24, 2.45) is 0 Å². The molecule has 0 saturated carbocycles. The Labute approximate surface area is 104 Å². The Morgan fingerprint density at radius 1 is 1.29 bits per heavy atom. The number of nitrogens with one attached hydrogen (secondary N) is 1. The summed E-state index contributed by atoms with van der Waals surface area (Å²) >= 11 is 1.62. The molecule has 0 bridgehead atoms. The largest absolute Gasteiger partial charge is 0.497 e. The summed E-state index contributed by atoms with van der Waals surface area (Å²) in [5, 5.41) is 6.29. The molecular weight excluding hydrogens is 236 g/mol. The van der Waals surface area contributed by atoms with Crippen molar-refractivity contribution >= 4 is 17.0 Å². The molecule has 0 saturated heterocycles. The number of ether oxygens (including phenoxy) is 2. The van der Waals surface area contributed by atoms with Crippen LogP contribution in [0.5, 0.6) is 11.5 Å². The molecule has 1 aromatic heterocycles. The van der Waals surface area contributed by atoms with E-state index in [0.717, 1.165) is 22.2 Å². The highest BCUT2D eigenvalue weighted by Crippen LogP contribution is 2.29. The first-order chi connectivity index (χ1) is 8.33. The number of hydrogen-bond acceptors (Lipinski definition) is 5. The number of benzene rings is 1. The molecular formula is C12H14N2O2S. The summed E-state index contributed by atoms with van der Waals surface area (Å²) in [6, 6.07) is 5.68. The van der Waals surface area contributed by atoms with Crippen molar-refractivity contribution < 1.29 is 9.47 Å². The Bertz CT molecular complexity index is 471. The maximum Gasteiger partial charge on any atom is 0.145 e. The normalized spacial score (nSPS) is 10.0. The molecule has 1 aromatic carbocycles. The van der Waals surface area contributed by atoms with Gasteiger partial charge in [-0.2, -0.15) is 0 Å². The average Bonchev–Trinajstić information content (AvgIpc) is 2.89. The molecule has 2 aromatic rings. The van der Waals surface area contributed by atoms with Crippen molar-refractivity contribution in [3.8, 4) is 11.5 Å². The number of rotatable bonds is 5. The molecule has 0 aliphatic rings. The van der Waals surface area contributed by atoms with E-state index in [1.165, 1.54) is 0 Å². The fraction of sp³-hybridized carbons (Fsp3) is 0.250. The molecule has 90 valence electrons. The lowest BCUT2D eigenvalue weighted by Crippen LogP contribution is -2.01. The molecule has 0 aliphatic carbocycles. The van der Waals surface area contributed by atoms with E-state index < -0.39 is 0 Å². The maximum absolute atomic E-state index is 5.30. The van der Waals surface area contributed by atoms with Crippen LogP contribution in [0.1, 0.15) is 5.01 Å². The topological polar surface area (TPSA) is 43.4 Å². The second-order valence-corrected chi connectivity index (χ2v) is 4.32. The summed E-state index contributed by atoms with van der Waals surface area (Å²) in [5.74, 6) is 1.54. The zero-order valence-electron chi connectivity index (χ0n) is 9.77. The van der Waals surface area contributed by atoms with Crippen LogP contribution in [0.25, 0.3) is 0 Å². The molecule has 0 aliphatic heterocycles. The Hall–Kier alpha value is -1.75. The fourth-order valence-electron chi connectivity index (χ4n) is 1.46. The molecule has 0 amide bonds. The molecule has 17 heavy (non-hydrogen) atoms. The molecule has 0 fully saturated rings. The molecule has 0 atom stereocenters. The van der Waals surface area contributed by atoms with E-state index in [0.29, 0.717) is 6.54 Å². The van der Waals surface area contributed by atoms with Gasteiger partial charge >= 0.3 is 0 Å². The van der Waals surface area contributed by atoms with E-state index >= 15 is 0 Å². The van der Waals surface area contributed by atoms with Crippen LogP contribution in [0.4, 0.5) is 5.69 Å². The van der Waals surface area contributed by atoms with E-state index in [9.17, 15) is 0 Å². The van der Waals surface area contributed by atoms with Gasteiger partial charge in [-0.1, -0.05) is 0 Å². The van der Waals surface area contributed by atoms with Gasteiger partial charge in [0.2, 0.25) is 0 Å². The number of methoxy groups -OCH3 is 2. The Balaban J connectivity index is 2.09. The number of thiazole rings is 1. The number of hydrogen-bond donors (Lipinski definition) is 1. The molecule has 0 radical (unpaired) electrons. The van der Waals surface area contributed by atoms with Crippen LogP contribution in [-0.2, 0) is 6.54 Å². The number of nitrogens with zero attached hydrogens (tertiary/aromatic N) is 1. The summed E-state index contributed by atoms with van der Waals surface area (Å²) in [6.45, 7) is 0.695. The lowest BCUT2D eigenvalue weighted by molar-refractivity contribution is 0.395. The van der Waals surface area contributed by atoms with Gasteiger partial charge < -0.3 is 14.8 Å². The van der Waals surface area contributed by atoms with Gasteiger partial charge in [0.25, 0.3) is 0 Å². The van der Waals surface area contributed by atoms with E-state index in [1.54, 1.807) is 31.8 Å². The SMILES string of the molecule is COc1ccc(NCc2nccs2)c(OC)c1. The summed E-state index contributed by atoms with van der Waals surface area (Å²) in [5.41, 5.74) is 0.934. The van der Waals surface area contributed by atoms with Crippen LogP contribution in [0, 0.1) is 0 Å². The average molecular weight is 250 g/mol. The van der Waals surface area contributed by atoms with Crippen LogP contribution >= 0.6 is 11.3 Å². The minimum Gasteiger partial charge on any atom is -0.497 e. The number of anilines is 1. The van der Waals surface area contributed by atoms with Crippen molar-refractivity contribution in [2.75, 3.05) is 19.5 Å². The Morgan fingerprint density at radius 2 is 2.18 bits per heavy atom. The lowest BCUT2D eigenvalue weighted by Gasteiger charge is -2.11. The van der Waals surface area contributed by atoms with E-state index in [2.05, 4.69) is 10.3 Å². The lowest BCUT2D eigenvalue weighted by atomic mass is 10.2. The quantitative estimate of drug-likeness (QED) is 0.886. The highest BCUT2D eigenvalue weighted by molar-refractivity contribution is 7.09.